The third kappa shape index (κ3) is 9.68. The zero-order valence-corrected chi connectivity index (χ0v) is 19.2. The van der Waals surface area contributed by atoms with Gasteiger partial charge in [-0.1, -0.05) is 6.07 Å². The number of aromatic nitrogens is 1. The molecule has 1 saturated heterocycles. The molecule has 0 radical (unpaired) electrons. The molecule has 1 amide bonds. The van der Waals surface area contributed by atoms with E-state index in [2.05, 4.69) is 32.4 Å². The number of hydrogen-bond donors (Lipinski definition) is 3. The third-order valence-corrected chi connectivity index (χ3v) is 4.89. The van der Waals surface area contributed by atoms with Gasteiger partial charge >= 0.3 is 0 Å². The van der Waals surface area contributed by atoms with Crippen LogP contribution in [0.15, 0.2) is 29.4 Å². The van der Waals surface area contributed by atoms with Crippen LogP contribution >= 0.6 is 24.0 Å². The maximum atomic E-state index is 11.2. The van der Waals surface area contributed by atoms with E-state index in [-0.39, 0.29) is 35.8 Å². The molecule has 1 aromatic heterocycles. The predicted molar refractivity (Wildman–Crippen MR) is 125 cm³/mol. The first-order chi connectivity index (χ1) is 13.2. The summed E-state index contributed by atoms with van der Waals surface area (Å²) in [6.45, 7) is 7.60. The first-order valence-electron chi connectivity index (χ1n) is 10.1. The van der Waals surface area contributed by atoms with Crippen LogP contribution < -0.4 is 16.4 Å². The van der Waals surface area contributed by atoms with Crippen molar-refractivity contribution in [3.8, 4) is 0 Å². The zero-order chi connectivity index (χ0) is 19.3. The number of primary amides is 1. The monoisotopic (exact) mass is 502 g/mol. The van der Waals surface area contributed by atoms with Gasteiger partial charge in [0.15, 0.2) is 5.96 Å². The lowest BCUT2D eigenvalue weighted by Crippen LogP contribution is -2.39. The number of carbonyl (C=O) groups is 1. The number of amides is 1. The summed E-state index contributed by atoms with van der Waals surface area (Å²) in [7, 11) is 0. The molecule has 0 saturated carbocycles. The van der Waals surface area contributed by atoms with Crippen molar-refractivity contribution < 1.29 is 4.79 Å². The highest BCUT2D eigenvalue weighted by Gasteiger charge is 2.22. The van der Waals surface area contributed by atoms with E-state index in [9.17, 15) is 4.79 Å². The number of aliphatic imine (C=N–C) groups is 1. The third-order valence-electron chi connectivity index (χ3n) is 4.89. The lowest BCUT2D eigenvalue weighted by molar-refractivity contribution is -0.123. The maximum Gasteiger partial charge on any atom is 0.220 e. The van der Waals surface area contributed by atoms with Crippen LogP contribution in [0.2, 0.25) is 0 Å². The van der Waals surface area contributed by atoms with E-state index >= 15 is 0 Å². The van der Waals surface area contributed by atoms with Crippen molar-refractivity contribution in [2.24, 2.45) is 16.6 Å². The molecule has 0 spiro atoms. The van der Waals surface area contributed by atoms with Crippen LogP contribution in [0.25, 0.3) is 0 Å². The van der Waals surface area contributed by atoms with Gasteiger partial charge in [0, 0.05) is 43.9 Å². The van der Waals surface area contributed by atoms with Crippen molar-refractivity contribution in [2.75, 3.05) is 39.3 Å². The molecular formula is C20H35IN6O. The number of unbranched alkanes of at least 4 members (excludes halogenated alkanes) is 1. The summed E-state index contributed by atoms with van der Waals surface area (Å²) in [6.07, 6.45) is 6.69. The number of nitrogens with zero attached hydrogens (tertiary/aromatic N) is 3. The smallest absolute Gasteiger partial charge is 0.220 e. The molecule has 1 aliphatic rings. The molecule has 28 heavy (non-hydrogen) atoms. The Kier molecular flexibility index (Phi) is 12.8. The predicted octanol–water partition coefficient (Wildman–Crippen LogP) is 1.77. The number of nitrogens with two attached hydrogens (primary N) is 1. The van der Waals surface area contributed by atoms with Crippen LogP contribution in [-0.4, -0.2) is 61.0 Å². The standard InChI is InChI=1S/C20H34N6O.HI/c1-2-22-20(25-13-8-18-7-3-4-11-23-18)24-12-5-6-14-26-15-9-17(10-16-26)19(21)27;/h3-4,7,11,17H,2,5-6,8-10,12-16H2,1H3,(H2,21,27)(H2,22,24,25);1H. The van der Waals surface area contributed by atoms with E-state index in [1.807, 2.05) is 24.4 Å². The largest absolute Gasteiger partial charge is 0.369 e. The minimum Gasteiger partial charge on any atom is -0.369 e. The van der Waals surface area contributed by atoms with Gasteiger partial charge in [0.25, 0.3) is 0 Å². The average Bonchev–Trinajstić information content (AvgIpc) is 2.69. The normalized spacial score (nSPS) is 15.7. The van der Waals surface area contributed by atoms with Crippen molar-refractivity contribution in [1.82, 2.24) is 20.5 Å². The number of likely N-dealkylation sites (tertiary alicyclic amines) is 1. The molecule has 158 valence electrons. The van der Waals surface area contributed by atoms with Gasteiger partial charge in [-0.15, -0.1) is 24.0 Å². The topological polar surface area (TPSA) is 95.6 Å². The van der Waals surface area contributed by atoms with Crippen LogP contribution in [0, 0.1) is 5.92 Å². The van der Waals surface area contributed by atoms with E-state index in [0.717, 1.165) is 83.0 Å². The molecule has 0 unspecified atom stereocenters. The molecule has 7 nitrogen and oxygen atoms in total. The highest BCUT2D eigenvalue weighted by Crippen LogP contribution is 2.16. The molecule has 2 heterocycles. The average molecular weight is 502 g/mol. The molecule has 1 aliphatic heterocycles. The van der Waals surface area contributed by atoms with Crippen LogP contribution in [0.1, 0.15) is 38.3 Å². The SMILES string of the molecule is CCNC(=NCCCCN1CCC(C(N)=O)CC1)NCCc1ccccn1.I. The minimum atomic E-state index is -0.143. The molecule has 1 fully saturated rings. The van der Waals surface area contributed by atoms with Gasteiger partial charge in [-0.2, -0.15) is 0 Å². The summed E-state index contributed by atoms with van der Waals surface area (Å²) in [4.78, 5) is 22.6. The van der Waals surface area contributed by atoms with Crippen molar-refractivity contribution >= 4 is 35.8 Å². The summed E-state index contributed by atoms with van der Waals surface area (Å²) in [6, 6.07) is 5.98. The number of guanidine groups is 1. The molecule has 0 aliphatic carbocycles. The van der Waals surface area contributed by atoms with Crippen LogP contribution in [0.4, 0.5) is 0 Å². The Morgan fingerprint density at radius 1 is 1.29 bits per heavy atom. The quantitative estimate of drug-likeness (QED) is 0.196. The number of carbonyl (C=O) groups excluding carboxylic acids is 1. The molecule has 2 rings (SSSR count). The van der Waals surface area contributed by atoms with Crippen LogP contribution in [-0.2, 0) is 11.2 Å². The van der Waals surface area contributed by atoms with E-state index in [4.69, 9.17) is 5.73 Å². The zero-order valence-electron chi connectivity index (χ0n) is 16.9. The van der Waals surface area contributed by atoms with E-state index < -0.39 is 0 Å². The Labute approximate surface area is 186 Å². The summed E-state index contributed by atoms with van der Waals surface area (Å²) in [5.41, 5.74) is 6.47. The van der Waals surface area contributed by atoms with Crippen molar-refractivity contribution in [1.29, 1.82) is 0 Å². The summed E-state index contributed by atoms with van der Waals surface area (Å²) in [5, 5.41) is 6.66. The Morgan fingerprint density at radius 3 is 2.71 bits per heavy atom. The Balaban J connectivity index is 0.00000392. The van der Waals surface area contributed by atoms with Gasteiger partial charge in [0.2, 0.25) is 5.91 Å². The molecule has 0 atom stereocenters. The second-order valence-electron chi connectivity index (χ2n) is 6.98. The summed E-state index contributed by atoms with van der Waals surface area (Å²) in [5.74, 6) is 0.803. The number of piperidine rings is 1. The van der Waals surface area contributed by atoms with Gasteiger partial charge in [-0.25, -0.2) is 0 Å². The fourth-order valence-electron chi connectivity index (χ4n) is 3.28. The van der Waals surface area contributed by atoms with Gasteiger partial charge in [0.1, 0.15) is 0 Å². The van der Waals surface area contributed by atoms with Crippen LogP contribution in [0.5, 0.6) is 0 Å². The first-order valence-corrected chi connectivity index (χ1v) is 10.1. The Morgan fingerprint density at radius 2 is 2.07 bits per heavy atom. The Bertz CT molecular complexity index is 575. The molecule has 1 aromatic rings. The summed E-state index contributed by atoms with van der Waals surface area (Å²) < 4.78 is 0. The van der Waals surface area contributed by atoms with Gasteiger partial charge in [0.05, 0.1) is 0 Å². The second kappa shape index (κ2) is 14.6. The number of rotatable bonds is 10. The number of hydrogen-bond acceptors (Lipinski definition) is 4. The molecule has 8 heteroatoms. The fourth-order valence-corrected chi connectivity index (χ4v) is 3.28. The maximum absolute atomic E-state index is 11.2. The Hall–Kier alpha value is -1.42. The number of pyridine rings is 1. The van der Waals surface area contributed by atoms with Crippen molar-refractivity contribution in [3.05, 3.63) is 30.1 Å². The van der Waals surface area contributed by atoms with Crippen molar-refractivity contribution in [3.63, 3.8) is 0 Å². The molecular weight excluding hydrogens is 467 g/mol. The van der Waals surface area contributed by atoms with Gasteiger partial charge in [-0.3, -0.25) is 14.8 Å². The van der Waals surface area contributed by atoms with E-state index in [1.54, 1.807) is 0 Å². The van der Waals surface area contributed by atoms with Crippen LogP contribution in [0.3, 0.4) is 0 Å². The fraction of sp³-hybridized carbons (Fsp3) is 0.650. The highest BCUT2D eigenvalue weighted by molar-refractivity contribution is 14.0. The number of nitrogens with one attached hydrogen (secondary N) is 2. The lowest BCUT2D eigenvalue weighted by atomic mass is 9.96. The van der Waals surface area contributed by atoms with E-state index in [0.29, 0.717) is 0 Å². The first kappa shape index (κ1) is 24.6. The van der Waals surface area contributed by atoms with E-state index in [1.165, 1.54) is 0 Å². The molecule has 0 aromatic carbocycles. The summed E-state index contributed by atoms with van der Waals surface area (Å²) >= 11 is 0. The minimum absolute atomic E-state index is 0. The highest BCUT2D eigenvalue weighted by atomic mass is 127. The van der Waals surface area contributed by atoms with Crippen molar-refractivity contribution in [2.45, 2.75) is 39.0 Å². The van der Waals surface area contributed by atoms with Gasteiger partial charge < -0.3 is 21.3 Å². The number of halogens is 1. The second-order valence-corrected chi connectivity index (χ2v) is 6.98. The molecule has 4 N–H and O–H groups in total. The molecule has 0 bridgehead atoms. The van der Waals surface area contributed by atoms with Gasteiger partial charge in [-0.05, 0) is 64.4 Å². The lowest BCUT2D eigenvalue weighted by Gasteiger charge is -2.30.